The molecule has 1 saturated heterocycles. The maximum atomic E-state index is 5.03. The van der Waals surface area contributed by atoms with Gasteiger partial charge in [0.1, 0.15) is 0 Å². The zero-order valence-corrected chi connectivity index (χ0v) is 10.4. The van der Waals surface area contributed by atoms with E-state index in [-0.39, 0.29) is 0 Å². The Balaban J connectivity index is 1.56. The van der Waals surface area contributed by atoms with Gasteiger partial charge in [0.2, 0.25) is 5.89 Å². The molecule has 0 N–H and O–H groups in total. The van der Waals surface area contributed by atoms with Gasteiger partial charge in [0, 0.05) is 39.1 Å². The van der Waals surface area contributed by atoms with Gasteiger partial charge in [-0.15, -0.1) is 0 Å². The van der Waals surface area contributed by atoms with Gasteiger partial charge >= 0.3 is 0 Å². The van der Waals surface area contributed by atoms with Gasteiger partial charge in [-0.3, -0.25) is 4.90 Å². The van der Waals surface area contributed by atoms with E-state index in [4.69, 9.17) is 4.52 Å². The lowest BCUT2D eigenvalue weighted by Gasteiger charge is -2.37. The van der Waals surface area contributed by atoms with E-state index < -0.39 is 0 Å². The molecule has 3 rings (SSSR count). The second-order valence-electron chi connectivity index (χ2n) is 5.07. The SMILES string of the molecule is Cc1nc(N2CCN(C3CCCC3)CC2)no1. The summed E-state index contributed by atoms with van der Waals surface area (Å²) >= 11 is 0. The smallest absolute Gasteiger partial charge is 0.266 e. The van der Waals surface area contributed by atoms with Crippen LogP contribution in [-0.4, -0.2) is 47.3 Å². The zero-order valence-electron chi connectivity index (χ0n) is 10.4. The molecule has 17 heavy (non-hydrogen) atoms. The molecule has 0 bridgehead atoms. The Bertz CT molecular complexity index is 364. The van der Waals surface area contributed by atoms with Crippen molar-refractivity contribution in [3.05, 3.63) is 5.89 Å². The van der Waals surface area contributed by atoms with Crippen LogP contribution < -0.4 is 4.90 Å². The van der Waals surface area contributed by atoms with Crippen molar-refractivity contribution in [2.45, 2.75) is 38.6 Å². The van der Waals surface area contributed by atoms with E-state index >= 15 is 0 Å². The fraction of sp³-hybridized carbons (Fsp3) is 0.833. The summed E-state index contributed by atoms with van der Waals surface area (Å²) < 4.78 is 5.03. The molecule has 5 nitrogen and oxygen atoms in total. The number of hydrogen-bond donors (Lipinski definition) is 0. The molecule has 0 radical (unpaired) electrons. The molecule has 1 aromatic rings. The van der Waals surface area contributed by atoms with Crippen molar-refractivity contribution in [3.63, 3.8) is 0 Å². The first-order valence-corrected chi connectivity index (χ1v) is 6.62. The zero-order chi connectivity index (χ0) is 11.7. The average Bonchev–Trinajstić information content (AvgIpc) is 3.00. The number of nitrogens with zero attached hydrogens (tertiary/aromatic N) is 4. The second kappa shape index (κ2) is 4.64. The molecule has 0 amide bonds. The van der Waals surface area contributed by atoms with Crippen LogP contribution in [0, 0.1) is 6.92 Å². The van der Waals surface area contributed by atoms with Gasteiger partial charge in [0.25, 0.3) is 5.95 Å². The first-order chi connectivity index (χ1) is 8.33. The molecule has 2 fully saturated rings. The lowest BCUT2D eigenvalue weighted by Crippen LogP contribution is -2.50. The summed E-state index contributed by atoms with van der Waals surface area (Å²) in [6.45, 7) is 6.16. The number of rotatable bonds is 2. The van der Waals surface area contributed by atoms with Crippen molar-refractivity contribution in [3.8, 4) is 0 Å². The van der Waals surface area contributed by atoms with Gasteiger partial charge in [-0.05, 0) is 18.0 Å². The topological polar surface area (TPSA) is 45.4 Å². The monoisotopic (exact) mass is 236 g/mol. The van der Waals surface area contributed by atoms with E-state index in [9.17, 15) is 0 Å². The number of hydrogen-bond acceptors (Lipinski definition) is 5. The molecule has 5 heteroatoms. The molecule has 0 atom stereocenters. The molecule has 1 aromatic heterocycles. The molecule has 1 aliphatic carbocycles. The van der Waals surface area contributed by atoms with Crippen molar-refractivity contribution >= 4 is 5.95 Å². The second-order valence-corrected chi connectivity index (χ2v) is 5.07. The molecular formula is C12H20N4O. The predicted molar refractivity (Wildman–Crippen MR) is 65.1 cm³/mol. The summed E-state index contributed by atoms with van der Waals surface area (Å²) in [5.41, 5.74) is 0. The Morgan fingerprint density at radius 1 is 1.12 bits per heavy atom. The summed E-state index contributed by atoms with van der Waals surface area (Å²) in [4.78, 5) is 9.15. The molecule has 0 unspecified atom stereocenters. The van der Waals surface area contributed by atoms with E-state index in [2.05, 4.69) is 19.9 Å². The lowest BCUT2D eigenvalue weighted by molar-refractivity contribution is 0.186. The van der Waals surface area contributed by atoms with Gasteiger partial charge < -0.3 is 9.42 Å². The third-order valence-electron chi connectivity index (χ3n) is 3.96. The Morgan fingerprint density at radius 3 is 2.41 bits per heavy atom. The Morgan fingerprint density at radius 2 is 1.82 bits per heavy atom. The molecule has 0 aromatic carbocycles. The highest BCUT2D eigenvalue weighted by molar-refractivity contribution is 5.28. The van der Waals surface area contributed by atoms with E-state index in [1.165, 1.54) is 25.7 Å². The average molecular weight is 236 g/mol. The maximum absolute atomic E-state index is 5.03. The van der Waals surface area contributed by atoms with E-state index in [0.29, 0.717) is 5.89 Å². The highest BCUT2D eigenvalue weighted by Gasteiger charge is 2.27. The van der Waals surface area contributed by atoms with Crippen LogP contribution in [0.5, 0.6) is 0 Å². The van der Waals surface area contributed by atoms with Crippen molar-refractivity contribution in [1.29, 1.82) is 0 Å². The maximum Gasteiger partial charge on any atom is 0.266 e. The molecule has 2 heterocycles. The summed E-state index contributed by atoms with van der Waals surface area (Å²) in [6.07, 6.45) is 5.60. The number of aromatic nitrogens is 2. The quantitative estimate of drug-likeness (QED) is 0.777. The molecule has 2 aliphatic rings. The number of piperazine rings is 1. The predicted octanol–water partition coefficient (Wildman–Crippen LogP) is 1.44. The van der Waals surface area contributed by atoms with Gasteiger partial charge in [-0.25, -0.2) is 0 Å². The summed E-state index contributed by atoms with van der Waals surface area (Å²) in [6, 6.07) is 0.837. The first kappa shape index (κ1) is 11.0. The molecule has 94 valence electrons. The molecule has 0 spiro atoms. The highest BCUT2D eigenvalue weighted by Crippen LogP contribution is 2.24. The molecular weight excluding hydrogens is 216 g/mol. The Hall–Kier alpha value is -1.10. The number of aryl methyl sites for hydroxylation is 1. The Labute approximate surface area is 102 Å². The first-order valence-electron chi connectivity index (χ1n) is 6.62. The van der Waals surface area contributed by atoms with Crippen LogP contribution in [0.3, 0.4) is 0 Å². The minimum atomic E-state index is 0.651. The van der Waals surface area contributed by atoms with Gasteiger partial charge in [0.05, 0.1) is 0 Å². The van der Waals surface area contributed by atoms with Crippen LogP contribution in [0.4, 0.5) is 5.95 Å². The summed E-state index contributed by atoms with van der Waals surface area (Å²) in [7, 11) is 0. The van der Waals surface area contributed by atoms with Crippen LogP contribution in [0.25, 0.3) is 0 Å². The lowest BCUT2D eigenvalue weighted by atomic mass is 10.2. The minimum Gasteiger partial charge on any atom is -0.338 e. The van der Waals surface area contributed by atoms with Gasteiger partial charge in [-0.1, -0.05) is 12.8 Å². The van der Waals surface area contributed by atoms with E-state index in [1.54, 1.807) is 0 Å². The summed E-state index contributed by atoms with van der Waals surface area (Å²) in [5, 5.41) is 3.98. The summed E-state index contributed by atoms with van der Waals surface area (Å²) in [5.74, 6) is 1.41. The van der Waals surface area contributed by atoms with Crippen LogP contribution >= 0.6 is 0 Å². The van der Waals surface area contributed by atoms with Crippen LogP contribution in [0.1, 0.15) is 31.6 Å². The number of anilines is 1. The third-order valence-corrected chi connectivity index (χ3v) is 3.96. The fourth-order valence-electron chi connectivity index (χ4n) is 2.97. The van der Waals surface area contributed by atoms with E-state index in [0.717, 1.165) is 38.2 Å². The minimum absolute atomic E-state index is 0.651. The Kier molecular flexibility index (Phi) is 3.01. The standard InChI is InChI=1S/C12H20N4O/c1-10-13-12(14-17-10)16-8-6-15(7-9-16)11-4-2-3-5-11/h11H,2-9H2,1H3. The van der Waals surface area contributed by atoms with Crippen molar-refractivity contribution < 1.29 is 4.52 Å². The van der Waals surface area contributed by atoms with Crippen molar-refractivity contribution in [1.82, 2.24) is 15.0 Å². The normalized spacial score (nSPS) is 23.5. The van der Waals surface area contributed by atoms with E-state index in [1.807, 2.05) is 6.92 Å². The highest BCUT2D eigenvalue weighted by atomic mass is 16.5. The fourth-order valence-corrected chi connectivity index (χ4v) is 2.97. The van der Waals surface area contributed by atoms with Crippen LogP contribution in [-0.2, 0) is 0 Å². The van der Waals surface area contributed by atoms with Crippen molar-refractivity contribution in [2.24, 2.45) is 0 Å². The van der Waals surface area contributed by atoms with Crippen LogP contribution in [0.2, 0.25) is 0 Å². The largest absolute Gasteiger partial charge is 0.338 e. The van der Waals surface area contributed by atoms with Crippen molar-refractivity contribution in [2.75, 3.05) is 31.1 Å². The molecule has 1 aliphatic heterocycles. The molecule has 1 saturated carbocycles. The van der Waals surface area contributed by atoms with Gasteiger partial charge in [0.15, 0.2) is 0 Å². The van der Waals surface area contributed by atoms with Crippen LogP contribution in [0.15, 0.2) is 4.52 Å². The third kappa shape index (κ3) is 2.29. The van der Waals surface area contributed by atoms with Gasteiger partial charge in [-0.2, -0.15) is 4.98 Å².